The van der Waals surface area contributed by atoms with Crippen molar-refractivity contribution in [2.24, 2.45) is 5.41 Å². The highest BCUT2D eigenvalue weighted by Crippen LogP contribution is 2.47. The molecule has 0 radical (unpaired) electrons. The Morgan fingerprint density at radius 3 is 1.90 bits per heavy atom. The van der Waals surface area contributed by atoms with E-state index in [1.807, 2.05) is 42.5 Å². The molecule has 110 valence electrons. The van der Waals surface area contributed by atoms with Gasteiger partial charge in [0.2, 0.25) is 0 Å². The molecule has 3 rings (SSSR count). The smallest absolute Gasteiger partial charge is 0.127 e. The van der Waals surface area contributed by atoms with Crippen LogP contribution < -0.4 is 4.74 Å². The molecule has 0 saturated carbocycles. The van der Waals surface area contributed by atoms with Crippen LogP contribution in [0.4, 0.5) is 0 Å². The lowest BCUT2D eigenvalue weighted by Gasteiger charge is -2.51. The van der Waals surface area contributed by atoms with Crippen LogP contribution in [0.5, 0.6) is 11.5 Å². The standard InChI is InChI=1S/C19H22O2/c1-18(2,3)19(13-20-14-19)15-9-11-17(12-10-15)21-16-7-5-4-6-8-16/h4-12H,13-14H2,1-3H3. The van der Waals surface area contributed by atoms with Gasteiger partial charge in [0.15, 0.2) is 0 Å². The van der Waals surface area contributed by atoms with Gasteiger partial charge >= 0.3 is 0 Å². The van der Waals surface area contributed by atoms with Crippen LogP contribution in [0, 0.1) is 5.41 Å². The maximum absolute atomic E-state index is 5.85. The minimum Gasteiger partial charge on any atom is -0.457 e. The van der Waals surface area contributed by atoms with Crippen molar-refractivity contribution in [3.05, 3.63) is 60.2 Å². The van der Waals surface area contributed by atoms with Gasteiger partial charge in [0, 0.05) is 5.41 Å². The molecule has 0 aromatic heterocycles. The van der Waals surface area contributed by atoms with E-state index in [0.29, 0.717) is 0 Å². The number of hydrogen-bond donors (Lipinski definition) is 0. The molecule has 1 aliphatic rings. The average molecular weight is 282 g/mol. The largest absolute Gasteiger partial charge is 0.457 e. The molecular weight excluding hydrogens is 260 g/mol. The molecule has 2 heteroatoms. The third-order valence-electron chi connectivity index (χ3n) is 4.52. The molecule has 1 aliphatic heterocycles. The lowest BCUT2D eigenvalue weighted by atomic mass is 9.61. The minimum atomic E-state index is 0.123. The number of hydrogen-bond acceptors (Lipinski definition) is 2. The monoisotopic (exact) mass is 282 g/mol. The third kappa shape index (κ3) is 2.56. The summed E-state index contributed by atoms with van der Waals surface area (Å²) in [4.78, 5) is 0. The fourth-order valence-corrected chi connectivity index (χ4v) is 2.81. The highest BCUT2D eigenvalue weighted by atomic mass is 16.5. The van der Waals surface area contributed by atoms with Gasteiger partial charge in [-0.2, -0.15) is 0 Å². The summed E-state index contributed by atoms with van der Waals surface area (Å²) in [7, 11) is 0. The first-order valence-electron chi connectivity index (χ1n) is 7.42. The molecule has 1 saturated heterocycles. The molecule has 0 aliphatic carbocycles. The second-order valence-corrected chi connectivity index (χ2v) is 6.76. The minimum absolute atomic E-state index is 0.123. The number of rotatable bonds is 3. The Labute approximate surface area is 126 Å². The normalized spacial score (nSPS) is 17.1. The molecule has 1 heterocycles. The maximum atomic E-state index is 5.85. The highest BCUT2D eigenvalue weighted by Gasteiger charge is 2.49. The second kappa shape index (κ2) is 5.19. The molecule has 2 nitrogen and oxygen atoms in total. The molecule has 0 unspecified atom stereocenters. The molecule has 21 heavy (non-hydrogen) atoms. The van der Waals surface area contributed by atoms with Gasteiger partial charge in [-0.15, -0.1) is 0 Å². The predicted molar refractivity (Wildman–Crippen MR) is 84.9 cm³/mol. The Bertz CT molecular complexity index is 590. The van der Waals surface area contributed by atoms with Crippen molar-refractivity contribution in [1.29, 1.82) is 0 Å². The molecule has 2 aromatic carbocycles. The first kappa shape index (κ1) is 14.2. The summed E-state index contributed by atoms with van der Waals surface area (Å²) >= 11 is 0. The summed E-state index contributed by atoms with van der Waals surface area (Å²) in [6.07, 6.45) is 0. The zero-order valence-electron chi connectivity index (χ0n) is 12.9. The first-order valence-corrected chi connectivity index (χ1v) is 7.42. The highest BCUT2D eigenvalue weighted by molar-refractivity contribution is 5.38. The summed E-state index contributed by atoms with van der Waals surface area (Å²) in [5.41, 5.74) is 1.65. The van der Waals surface area contributed by atoms with Crippen LogP contribution in [0.2, 0.25) is 0 Å². The van der Waals surface area contributed by atoms with Crippen molar-refractivity contribution in [1.82, 2.24) is 0 Å². The van der Waals surface area contributed by atoms with E-state index in [-0.39, 0.29) is 10.8 Å². The average Bonchev–Trinajstić information content (AvgIpc) is 2.39. The Morgan fingerprint density at radius 2 is 1.43 bits per heavy atom. The third-order valence-corrected chi connectivity index (χ3v) is 4.52. The fourth-order valence-electron chi connectivity index (χ4n) is 2.81. The Morgan fingerprint density at radius 1 is 0.857 bits per heavy atom. The van der Waals surface area contributed by atoms with Crippen LogP contribution in [0.3, 0.4) is 0 Å². The summed E-state index contributed by atoms with van der Waals surface area (Å²) < 4.78 is 11.4. The van der Waals surface area contributed by atoms with Gasteiger partial charge in [0.05, 0.1) is 13.2 Å². The van der Waals surface area contributed by atoms with Gasteiger partial charge in [-0.1, -0.05) is 51.1 Å². The van der Waals surface area contributed by atoms with Crippen molar-refractivity contribution < 1.29 is 9.47 Å². The van der Waals surface area contributed by atoms with Crippen molar-refractivity contribution in [3.63, 3.8) is 0 Å². The number of ether oxygens (including phenoxy) is 2. The molecular formula is C19H22O2. The van der Waals surface area contributed by atoms with Crippen molar-refractivity contribution in [2.45, 2.75) is 26.2 Å². The van der Waals surface area contributed by atoms with Gasteiger partial charge in [0.25, 0.3) is 0 Å². The van der Waals surface area contributed by atoms with Gasteiger partial charge in [-0.05, 0) is 35.2 Å². The van der Waals surface area contributed by atoms with E-state index in [1.54, 1.807) is 0 Å². The zero-order valence-corrected chi connectivity index (χ0v) is 12.9. The van der Waals surface area contributed by atoms with Crippen LogP contribution >= 0.6 is 0 Å². The van der Waals surface area contributed by atoms with E-state index in [2.05, 4.69) is 32.9 Å². The van der Waals surface area contributed by atoms with Crippen LogP contribution in [-0.4, -0.2) is 13.2 Å². The van der Waals surface area contributed by atoms with Crippen molar-refractivity contribution >= 4 is 0 Å². The quantitative estimate of drug-likeness (QED) is 0.805. The van der Waals surface area contributed by atoms with Crippen LogP contribution in [0.25, 0.3) is 0 Å². The molecule has 1 fully saturated rings. The molecule has 0 atom stereocenters. The lowest BCUT2D eigenvalue weighted by molar-refractivity contribution is -0.113. The lowest BCUT2D eigenvalue weighted by Crippen LogP contribution is -2.55. The van der Waals surface area contributed by atoms with Gasteiger partial charge < -0.3 is 9.47 Å². The zero-order chi connectivity index (χ0) is 14.9. The molecule has 0 spiro atoms. The molecule has 0 bridgehead atoms. The van der Waals surface area contributed by atoms with E-state index >= 15 is 0 Å². The predicted octanol–water partition coefficient (Wildman–Crippen LogP) is 4.79. The first-order chi connectivity index (χ1) is 10.0. The molecule has 0 amide bonds. The van der Waals surface area contributed by atoms with Crippen LogP contribution in [0.15, 0.2) is 54.6 Å². The second-order valence-electron chi connectivity index (χ2n) is 6.76. The molecule has 2 aromatic rings. The molecule has 0 N–H and O–H groups in total. The van der Waals surface area contributed by atoms with E-state index in [9.17, 15) is 0 Å². The van der Waals surface area contributed by atoms with E-state index in [0.717, 1.165) is 24.7 Å². The fraction of sp³-hybridized carbons (Fsp3) is 0.368. The van der Waals surface area contributed by atoms with Crippen molar-refractivity contribution in [3.8, 4) is 11.5 Å². The number of benzene rings is 2. The van der Waals surface area contributed by atoms with E-state index in [4.69, 9.17) is 9.47 Å². The van der Waals surface area contributed by atoms with Crippen LogP contribution in [-0.2, 0) is 10.2 Å². The van der Waals surface area contributed by atoms with Gasteiger partial charge in [-0.25, -0.2) is 0 Å². The van der Waals surface area contributed by atoms with E-state index in [1.165, 1.54) is 5.56 Å². The topological polar surface area (TPSA) is 18.5 Å². The van der Waals surface area contributed by atoms with E-state index < -0.39 is 0 Å². The van der Waals surface area contributed by atoms with Gasteiger partial charge in [0.1, 0.15) is 11.5 Å². The summed E-state index contributed by atoms with van der Waals surface area (Å²) in [5, 5.41) is 0. The summed E-state index contributed by atoms with van der Waals surface area (Å²) in [6.45, 7) is 8.45. The Balaban J connectivity index is 1.81. The van der Waals surface area contributed by atoms with Crippen LogP contribution in [0.1, 0.15) is 26.3 Å². The number of para-hydroxylation sites is 1. The summed E-state index contributed by atoms with van der Waals surface area (Å²) in [5.74, 6) is 1.73. The van der Waals surface area contributed by atoms with Crippen molar-refractivity contribution in [2.75, 3.05) is 13.2 Å². The Hall–Kier alpha value is -1.80. The SMILES string of the molecule is CC(C)(C)C1(c2ccc(Oc3ccccc3)cc2)COC1. The van der Waals surface area contributed by atoms with Gasteiger partial charge in [-0.3, -0.25) is 0 Å². The summed E-state index contributed by atoms with van der Waals surface area (Å²) in [6, 6.07) is 18.3. The maximum Gasteiger partial charge on any atom is 0.127 e. The Kier molecular flexibility index (Phi) is 3.50.